The molecule has 0 aliphatic rings. The van der Waals surface area contributed by atoms with Gasteiger partial charge in [0.1, 0.15) is 11.3 Å². The Balaban J connectivity index is 1.84. The highest BCUT2D eigenvalue weighted by Crippen LogP contribution is 2.29. The molecule has 0 aliphatic heterocycles. The van der Waals surface area contributed by atoms with E-state index in [9.17, 15) is 4.39 Å². The number of aryl methyl sites for hydroxylation is 3. The molecule has 0 saturated heterocycles. The molecular weight excluding hydrogens is 325 g/mol. The monoisotopic (exact) mass is 345 g/mol. The van der Waals surface area contributed by atoms with Gasteiger partial charge in [0.2, 0.25) is 0 Å². The fraction of sp³-hybridized carbons (Fsp3) is 0.182. The van der Waals surface area contributed by atoms with Gasteiger partial charge in [-0.25, -0.2) is 9.37 Å². The third-order valence-electron chi connectivity index (χ3n) is 4.71. The van der Waals surface area contributed by atoms with Crippen LogP contribution in [0, 0.1) is 26.6 Å². The van der Waals surface area contributed by atoms with Crippen molar-refractivity contribution in [3.8, 4) is 11.3 Å². The van der Waals surface area contributed by atoms with Crippen molar-refractivity contribution < 1.29 is 4.39 Å². The van der Waals surface area contributed by atoms with Gasteiger partial charge in [-0.1, -0.05) is 36.4 Å². The van der Waals surface area contributed by atoms with Crippen LogP contribution in [0.3, 0.4) is 0 Å². The molecule has 0 atom stereocenters. The SMILES string of the molecule is Cc1cc2c(ncn2Cc2ccc(F)c(C)c2)c(-c2ccccc2C)n1. The quantitative estimate of drug-likeness (QED) is 0.510. The predicted molar refractivity (Wildman–Crippen MR) is 103 cm³/mol. The van der Waals surface area contributed by atoms with E-state index < -0.39 is 0 Å². The van der Waals surface area contributed by atoms with Crippen molar-refractivity contribution in [2.45, 2.75) is 27.3 Å². The van der Waals surface area contributed by atoms with Crippen LogP contribution in [0.25, 0.3) is 22.3 Å². The van der Waals surface area contributed by atoms with E-state index in [1.54, 1.807) is 6.92 Å². The molecule has 2 aromatic heterocycles. The topological polar surface area (TPSA) is 30.7 Å². The van der Waals surface area contributed by atoms with Crippen molar-refractivity contribution in [1.29, 1.82) is 0 Å². The smallest absolute Gasteiger partial charge is 0.126 e. The Morgan fingerprint density at radius 3 is 2.54 bits per heavy atom. The van der Waals surface area contributed by atoms with E-state index in [4.69, 9.17) is 4.98 Å². The molecule has 2 heterocycles. The van der Waals surface area contributed by atoms with Gasteiger partial charge in [-0.05, 0) is 49.6 Å². The summed E-state index contributed by atoms with van der Waals surface area (Å²) in [5.74, 6) is -0.175. The van der Waals surface area contributed by atoms with E-state index in [2.05, 4.69) is 34.7 Å². The molecule has 4 rings (SSSR count). The van der Waals surface area contributed by atoms with Crippen molar-refractivity contribution in [2.24, 2.45) is 0 Å². The Morgan fingerprint density at radius 2 is 1.77 bits per heavy atom. The number of benzene rings is 2. The first-order valence-corrected chi connectivity index (χ1v) is 8.66. The standard InChI is InChI=1S/C22H20FN3/c1-14-6-4-5-7-18(14)21-22-20(11-16(3)25-21)26(13-24-22)12-17-8-9-19(23)15(2)10-17/h4-11,13H,12H2,1-3H3. The van der Waals surface area contributed by atoms with Gasteiger partial charge in [-0.15, -0.1) is 0 Å². The first-order chi connectivity index (χ1) is 12.5. The first-order valence-electron chi connectivity index (χ1n) is 8.66. The molecule has 0 radical (unpaired) electrons. The number of hydrogen-bond acceptors (Lipinski definition) is 2. The molecule has 0 bridgehead atoms. The lowest BCUT2D eigenvalue weighted by molar-refractivity contribution is 0.617. The van der Waals surface area contributed by atoms with Crippen LogP contribution in [0.2, 0.25) is 0 Å². The third kappa shape index (κ3) is 2.88. The fourth-order valence-electron chi connectivity index (χ4n) is 3.34. The summed E-state index contributed by atoms with van der Waals surface area (Å²) < 4.78 is 15.6. The largest absolute Gasteiger partial charge is 0.326 e. The van der Waals surface area contributed by atoms with Crippen molar-refractivity contribution in [3.63, 3.8) is 0 Å². The Hall–Kier alpha value is -3.01. The highest BCUT2D eigenvalue weighted by Gasteiger charge is 2.14. The molecule has 0 spiro atoms. The summed E-state index contributed by atoms with van der Waals surface area (Å²) >= 11 is 0. The summed E-state index contributed by atoms with van der Waals surface area (Å²) in [6, 6.07) is 15.5. The van der Waals surface area contributed by atoms with Crippen LogP contribution in [0.15, 0.2) is 54.9 Å². The zero-order valence-corrected chi connectivity index (χ0v) is 15.1. The van der Waals surface area contributed by atoms with E-state index in [-0.39, 0.29) is 5.82 Å². The number of imidazole rings is 1. The van der Waals surface area contributed by atoms with Gasteiger partial charge in [0.25, 0.3) is 0 Å². The number of rotatable bonds is 3. The van der Waals surface area contributed by atoms with Crippen molar-refractivity contribution >= 4 is 11.0 Å². The number of hydrogen-bond donors (Lipinski definition) is 0. The zero-order valence-electron chi connectivity index (χ0n) is 15.1. The van der Waals surface area contributed by atoms with E-state index in [1.807, 2.05) is 37.5 Å². The fourth-order valence-corrected chi connectivity index (χ4v) is 3.34. The number of halogens is 1. The highest BCUT2D eigenvalue weighted by atomic mass is 19.1. The minimum Gasteiger partial charge on any atom is -0.326 e. The molecule has 2 aromatic carbocycles. The lowest BCUT2D eigenvalue weighted by Gasteiger charge is -2.09. The number of fused-ring (bicyclic) bond motifs is 1. The first kappa shape index (κ1) is 16.5. The van der Waals surface area contributed by atoms with Gasteiger partial charge < -0.3 is 4.57 Å². The lowest BCUT2D eigenvalue weighted by Crippen LogP contribution is -2.00. The zero-order chi connectivity index (χ0) is 18.3. The van der Waals surface area contributed by atoms with E-state index in [0.29, 0.717) is 12.1 Å². The predicted octanol–water partition coefficient (Wildman–Crippen LogP) is 5.21. The number of aromatic nitrogens is 3. The van der Waals surface area contributed by atoms with Crippen LogP contribution >= 0.6 is 0 Å². The molecule has 0 N–H and O–H groups in total. The summed E-state index contributed by atoms with van der Waals surface area (Å²) in [6.45, 7) is 6.52. The Morgan fingerprint density at radius 1 is 0.962 bits per heavy atom. The molecule has 0 fully saturated rings. The van der Waals surface area contributed by atoms with Gasteiger partial charge in [0.15, 0.2) is 0 Å². The Labute approximate surface area is 152 Å². The summed E-state index contributed by atoms with van der Waals surface area (Å²) in [4.78, 5) is 9.39. The molecule has 4 aromatic rings. The minimum atomic E-state index is -0.175. The average Bonchev–Trinajstić information content (AvgIpc) is 3.01. The highest BCUT2D eigenvalue weighted by molar-refractivity contribution is 5.90. The molecule has 0 saturated carbocycles. The maximum Gasteiger partial charge on any atom is 0.126 e. The lowest BCUT2D eigenvalue weighted by atomic mass is 10.0. The average molecular weight is 345 g/mol. The normalized spacial score (nSPS) is 11.2. The van der Waals surface area contributed by atoms with Crippen molar-refractivity contribution in [3.05, 3.63) is 83.1 Å². The number of nitrogens with zero attached hydrogens (tertiary/aromatic N) is 3. The van der Waals surface area contributed by atoms with Crippen LogP contribution < -0.4 is 0 Å². The molecular formula is C22H20FN3. The second-order valence-corrected chi connectivity index (χ2v) is 6.75. The van der Waals surface area contributed by atoms with Crippen molar-refractivity contribution in [2.75, 3.05) is 0 Å². The maximum absolute atomic E-state index is 13.5. The van der Waals surface area contributed by atoms with E-state index in [0.717, 1.165) is 33.5 Å². The molecule has 3 nitrogen and oxygen atoms in total. The van der Waals surface area contributed by atoms with Gasteiger partial charge in [0, 0.05) is 17.8 Å². The molecule has 26 heavy (non-hydrogen) atoms. The Kier molecular flexibility index (Phi) is 4.03. The molecule has 4 heteroatoms. The molecule has 0 aliphatic carbocycles. The Bertz CT molecular complexity index is 1110. The van der Waals surface area contributed by atoms with Crippen LogP contribution in [-0.4, -0.2) is 14.5 Å². The second kappa shape index (κ2) is 6.37. The second-order valence-electron chi connectivity index (χ2n) is 6.75. The van der Waals surface area contributed by atoms with E-state index >= 15 is 0 Å². The third-order valence-corrected chi connectivity index (χ3v) is 4.71. The van der Waals surface area contributed by atoms with Crippen LogP contribution in [0.4, 0.5) is 4.39 Å². The van der Waals surface area contributed by atoms with Gasteiger partial charge in [-0.2, -0.15) is 0 Å². The van der Waals surface area contributed by atoms with Crippen LogP contribution in [0.5, 0.6) is 0 Å². The van der Waals surface area contributed by atoms with Gasteiger partial charge >= 0.3 is 0 Å². The summed E-state index contributed by atoms with van der Waals surface area (Å²) in [6.07, 6.45) is 1.84. The van der Waals surface area contributed by atoms with Crippen molar-refractivity contribution in [1.82, 2.24) is 14.5 Å². The van der Waals surface area contributed by atoms with Crippen LogP contribution in [0.1, 0.15) is 22.4 Å². The van der Waals surface area contributed by atoms with E-state index in [1.165, 1.54) is 11.6 Å². The summed E-state index contributed by atoms with van der Waals surface area (Å²) in [5.41, 5.74) is 7.78. The molecule has 0 amide bonds. The van der Waals surface area contributed by atoms with Gasteiger partial charge in [0.05, 0.1) is 17.5 Å². The summed E-state index contributed by atoms with van der Waals surface area (Å²) in [5, 5.41) is 0. The molecule has 0 unspecified atom stereocenters. The van der Waals surface area contributed by atoms with Crippen LogP contribution in [-0.2, 0) is 6.54 Å². The van der Waals surface area contributed by atoms with Gasteiger partial charge in [-0.3, -0.25) is 4.98 Å². The minimum absolute atomic E-state index is 0.175. The molecule has 130 valence electrons. The number of pyridine rings is 1. The maximum atomic E-state index is 13.5. The summed E-state index contributed by atoms with van der Waals surface area (Å²) in [7, 11) is 0.